The number of aromatic nitrogens is 1. The zero-order chi connectivity index (χ0) is 17.8. The molecule has 0 bridgehead atoms. The fraction of sp³-hybridized carbons (Fsp3) is 0.500. The lowest BCUT2D eigenvalue weighted by atomic mass is 9.95. The van der Waals surface area contributed by atoms with Gasteiger partial charge in [0.05, 0.1) is 26.3 Å². The van der Waals surface area contributed by atoms with Gasteiger partial charge >= 0.3 is 0 Å². The molecule has 0 spiro atoms. The maximum Gasteiger partial charge on any atom is 0.270 e. The third-order valence-corrected chi connectivity index (χ3v) is 5.78. The van der Waals surface area contributed by atoms with Crippen LogP contribution in [-0.2, 0) is 11.2 Å². The van der Waals surface area contributed by atoms with Crippen LogP contribution >= 0.6 is 0 Å². The third-order valence-electron chi connectivity index (χ3n) is 5.78. The van der Waals surface area contributed by atoms with Gasteiger partial charge in [-0.1, -0.05) is 24.3 Å². The Bertz CT molecular complexity index is 740. The van der Waals surface area contributed by atoms with Crippen LogP contribution in [0.5, 0.6) is 5.75 Å². The van der Waals surface area contributed by atoms with Gasteiger partial charge in [-0.05, 0) is 55.9 Å². The molecule has 0 radical (unpaired) electrons. The van der Waals surface area contributed by atoms with Gasteiger partial charge in [0.1, 0.15) is 12.6 Å². The van der Waals surface area contributed by atoms with Crippen LogP contribution in [0.25, 0.3) is 0 Å². The first-order valence-electron chi connectivity index (χ1n) is 9.96. The minimum Gasteiger partial charge on any atom is -0.487 e. The molecule has 3 heterocycles. The lowest BCUT2D eigenvalue weighted by Gasteiger charge is -2.43. The Labute approximate surface area is 156 Å². The Hall–Kier alpha value is -1.91. The second-order valence-corrected chi connectivity index (χ2v) is 7.40. The molecule has 4 rings (SSSR count). The van der Waals surface area contributed by atoms with E-state index in [9.17, 15) is 0 Å². The van der Waals surface area contributed by atoms with Crippen molar-refractivity contribution in [1.29, 1.82) is 0 Å². The molecule has 2 aliphatic heterocycles. The molecule has 1 saturated heterocycles. The van der Waals surface area contributed by atoms with Gasteiger partial charge in [0.2, 0.25) is 5.75 Å². The minimum absolute atomic E-state index is 0.134. The lowest BCUT2D eigenvalue weighted by molar-refractivity contribution is 0.0125. The normalized spacial score (nSPS) is 21.8. The average Bonchev–Trinajstić information content (AvgIpc) is 2.70. The number of benzene rings is 1. The number of quaternary nitrogens is 1. The van der Waals surface area contributed by atoms with Crippen molar-refractivity contribution in [2.24, 2.45) is 0 Å². The number of fused-ring (bicyclic) bond motifs is 1. The van der Waals surface area contributed by atoms with Crippen LogP contribution in [0.15, 0.2) is 42.6 Å². The van der Waals surface area contributed by atoms with E-state index in [1.165, 1.54) is 30.4 Å². The second kappa shape index (κ2) is 7.77. The Kier molecular flexibility index (Phi) is 5.23. The number of nitrogens with zero attached hydrogens (tertiary/aromatic N) is 2. The number of pyridine rings is 1. The minimum atomic E-state index is 0.134. The molecule has 1 fully saturated rings. The first kappa shape index (κ1) is 17.5. The van der Waals surface area contributed by atoms with Crippen LogP contribution in [0.4, 0.5) is 5.82 Å². The van der Waals surface area contributed by atoms with Gasteiger partial charge in [-0.15, -0.1) is 0 Å². The van der Waals surface area contributed by atoms with E-state index in [0.29, 0.717) is 6.61 Å². The average molecular weight is 353 g/mol. The van der Waals surface area contributed by atoms with Crippen LogP contribution in [0.2, 0.25) is 0 Å². The molecule has 1 atom stereocenters. The molecule has 1 unspecified atom stereocenters. The predicted octanol–water partition coefficient (Wildman–Crippen LogP) is 4.29. The fourth-order valence-corrected chi connectivity index (χ4v) is 4.55. The van der Waals surface area contributed by atoms with Crippen molar-refractivity contribution >= 4 is 5.82 Å². The van der Waals surface area contributed by atoms with Gasteiger partial charge in [-0.2, -0.15) is 0 Å². The van der Waals surface area contributed by atoms with Crippen molar-refractivity contribution in [3.8, 4) is 5.75 Å². The number of hydrogen-bond acceptors (Lipinski definition) is 3. The van der Waals surface area contributed by atoms with Gasteiger partial charge in [0.25, 0.3) is 5.82 Å². The third kappa shape index (κ3) is 3.36. The summed E-state index contributed by atoms with van der Waals surface area (Å²) in [4.78, 5) is 4.81. The van der Waals surface area contributed by atoms with Crippen molar-refractivity contribution in [2.45, 2.75) is 38.7 Å². The maximum absolute atomic E-state index is 6.27. The van der Waals surface area contributed by atoms with E-state index < -0.39 is 0 Å². The van der Waals surface area contributed by atoms with E-state index in [1.54, 1.807) is 0 Å². The first-order chi connectivity index (χ1) is 12.8. The van der Waals surface area contributed by atoms with Crippen LogP contribution in [0, 0.1) is 0 Å². The standard InChI is InChI=1S/C22H29N2O2/c1-2-25-20-11-8-13-23-22(20)24(14-6-3-7-15-24)17-21-19-10-5-4-9-18(19)12-16-26-21/h4-5,8-11,13,21H,2-3,6-7,12,14-17H2,1H3/q+1. The van der Waals surface area contributed by atoms with Gasteiger partial charge in [-0.25, -0.2) is 4.98 Å². The zero-order valence-corrected chi connectivity index (χ0v) is 15.7. The molecule has 26 heavy (non-hydrogen) atoms. The summed E-state index contributed by atoms with van der Waals surface area (Å²) in [5.41, 5.74) is 2.79. The van der Waals surface area contributed by atoms with Crippen LogP contribution < -0.4 is 9.22 Å². The summed E-state index contributed by atoms with van der Waals surface area (Å²) in [7, 11) is 0. The molecular formula is C22H29N2O2+. The zero-order valence-electron chi connectivity index (χ0n) is 15.7. The van der Waals surface area contributed by atoms with Crippen molar-refractivity contribution < 1.29 is 9.47 Å². The van der Waals surface area contributed by atoms with Gasteiger partial charge in [0.15, 0.2) is 0 Å². The van der Waals surface area contributed by atoms with Crippen molar-refractivity contribution in [3.63, 3.8) is 0 Å². The summed E-state index contributed by atoms with van der Waals surface area (Å²) in [6.45, 7) is 6.67. The maximum atomic E-state index is 6.27. The number of ether oxygens (including phenoxy) is 2. The highest BCUT2D eigenvalue weighted by molar-refractivity contribution is 5.50. The van der Waals surface area contributed by atoms with Gasteiger partial charge < -0.3 is 9.47 Å². The van der Waals surface area contributed by atoms with Crippen LogP contribution in [0.1, 0.15) is 43.4 Å². The van der Waals surface area contributed by atoms with Crippen LogP contribution in [0.3, 0.4) is 0 Å². The smallest absolute Gasteiger partial charge is 0.270 e. The Morgan fingerprint density at radius 3 is 2.81 bits per heavy atom. The molecule has 4 heteroatoms. The molecule has 2 aromatic rings. The highest BCUT2D eigenvalue weighted by Crippen LogP contribution is 2.38. The SMILES string of the molecule is CCOc1cccnc1[N+]1(CC2OCCc3ccccc32)CCCCC1. The van der Waals surface area contributed by atoms with E-state index in [0.717, 1.165) is 48.7 Å². The van der Waals surface area contributed by atoms with Gasteiger partial charge in [-0.3, -0.25) is 4.48 Å². The largest absolute Gasteiger partial charge is 0.487 e. The summed E-state index contributed by atoms with van der Waals surface area (Å²) < 4.78 is 13.1. The quantitative estimate of drug-likeness (QED) is 0.752. The van der Waals surface area contributed by atoms with Crippen molar-refractivity contribution in [3.05, 3.63) is 53.7 Å². The van der Waals surface area contributed by atoms with E-state index in [4.69, 9.17) is 14.5 Å². The van der Waals surface area contributed by atoms with Gasteiger partial charge in [0, 0.05) is 6.20 Å². The molecule has 1 aromatic carbocycles. The molecule has 138 valence electrons. The predicted molar refractivity (Wildman–Crippen MR) is 104 cm³/mol. The molecule has 1 aromatic heterocycles. The highest BCUT2D eigenvalue weighted by atomic mass is 16.5. The number of hydrogen-bond donors (Lipinski definition) is 0. The Morgan fingerprint density at radius 2 is 1.96 bits per heavy atom. The van der Waals surface area contributed by atoms with Crippen LogP contribution in [-0.4, -0.2) is 37.8 Å². The molecule has 0 saturated carbocycles. The van der Waals surface area contributed by atoms with E-state index in [-0.39, 0.29) is 6.10 Å². The highest BCUT2D eigenvalue weighted by Gasteiger charge is 2.40. The molecule has 2 aliphatic rings. The second-order valence-electron chi connectivity index (χ2n) is 7.40. The first-order valence-corrected chi connectivity index (χ1v) is 9.96. The number of likely N-dealkylation sites (tertiary alicyclic amines) is 1. The summed E-state index contributed by atoms with van der Waals surface area (Å²) in [6.07, 6.45) is 6.82. The summed E-state index contributed by atoms with van der Waals surface area (Å²) in [5.74, 6) is 2.02. The Balaban J connectivity index is 1.71. The molecule has 0 amide bonds. The van der Waals surface area contributed by atoms with Crippen molar-refractivity contribution in [1.82, 2.24) is 9.47 Å². The molecular weight excluding hydrogens is 324 g/mol. The number of rotatable bonds is 5. The van der Waals surface area contributed by atoms with Crippen molar-refractivity contribution in [2.75, 3.05) is 32.8 Å². The molecule has 4 nitrogen and oxygen atoms in total. The number of piperidine rings is 1. The molecule has 0 aliphatic carbocycles. The van der Waals surface area contributed by atoms with E-state index in [2.05, 4.69) is 30.3 Å². The molecule has 0 N–H and O–H groups in total. The van der Waals surface area contributed by atoms with E-state index >= 15 is 0 Å². The summed E-state index contributed by atoms with van der Waals surface area (Å²) in [6, 6.07) is 12.8. The Morgan fingerprint density at radius 1 is 1.12 bits per heavy atom. The topological polar surface area (TPSA) is 31.4 Å². The summed E-state index contributed by atoms with van der Waals surface area (Å²) in [5, 5.41) is 0. The lowest BCUT2D eigenvalue weighted by Crippen LogP contribution is -2.56. The fourth-order valence-electron chi connectivity index (χ4n) is 4.55. The summed E-state index contributed by atoms with van der Waals surface area (Å²) >= 11 is 0. The van der Waals surface area contributed by atoms with E-state index in [1.807, 2.05) is 19.2 Å². The monoisotopic (exact) mass is 353 g/mol.